The number of benzene rings is 2. The van der Waals surface area contributed by atoms with E-state index >= 15 is 0 Å². The second-order valence-electron chi connectivity index (χ2n) is 5.36. The van der Waals surface area contributed by atoms with E-state index in [-0.39, 0.29) is 5.69 Å². The summed E-state index contributed by atoms with van der Waals surface area (Å²) in [6.07, 6.45) is 1.41. The molecule has 1 N–H and O–H groups in total. The molecule has 0 fully saturated rings. The monoisotopic (exact) mass is 309 g/mol. The minimum absolute atomic E-state index is 0.163. The van der Waals surface area contributed by atoms with Gasteiger partial charge in [-0.3, -0.25) is 4.57 Å². The number of hydrogen-bond acceptors (Lipinski definition) is 3. The van der Waals surface area contributed by atoms with Crippen molar-refractivity contribution in [3.05, 3.63) is 82.0 Å². The SMILES string of the molecule is COc1ccc(CCn2c(Cc3ccccc3)n[nH]c2=O)cc1. The van der Waals surface area contributed by atoms with Crippen molar-refractivity contribution in [3.63, 3.8) is 0 Å². The van der Waals surface area contributed by atoms with Gasteiger partial charge in [-0.2, -0.15) is 5.10 Å². The number of aromatic amines is 1. The zero-order valence-corrected chi connectivity index (χ0v) is 13.0. The molecule has 5 heteroatoms. The van der Waals surface area contributed by atoms with Gasteiger partial charge in [0.05, 0.1) is 7.11 Å². The topological polar surface area (TPSA) is 59.9 Å². The summed E-state index contributed by atoms with van der Waals surface area (Å²) >= 11 is 0. The van der Waals surface area contributed by atoms with Crippen molar-refractivity contribution in [3.8, 4) is 5.75 Å². The number of rotatable bonds is 6. The molecule has 118 valence electrons. The van der Waals surface area contributed by atoms with Crippen molar-refractivity contribution in [2.24, 2.45) is 0 Å². The fourth-order valence-electron chi connectivity index (χ4n) is 2.53. The molecule has 3 aromatic rings. The molecule has 2 aromatic carbocycles. The first-order valence-electron chi connectivity index (χ1n) is 7.57. The van der Waals surface area contributed by atoms with Gasteiger partial charge in [0.25, 0.3) is 0 Å². The Bertz CT molecular complexity index is 804. The van der Waals surface area contributed by atoms with Crippen LogP contribution in [-0.2, 0) is 19.4 Å². The largest absolute Gasteiger partial charge is 0.497 e. The number of H-pyrrole nitrogens is 1. The summed E-state index contributed by atoms with van der Waals surface area (Å²) in [5.74, 6) is 1.59. The Labute approximate surface area is 134 Å². The molecule has 0 bridgehead atoms. The number of nitrogens with one attached hydrogen (secondary N) is 1. The molecule has 0 spiro atoms. The second kappa shape index (κ2) is 6.96. The van der Waals surface area contributed by atoms with E-state index < -0.39 is 0 Å². The van der Waals surface area contributed by atoms with Crippen molar-refractivity contribution in [1.82, 2.24) is 14.8 Å². The van der Waals surface area contributed by atoms with Crippen molar-refractivity contribution < 1.29 is 4.74 Å². The summed E-state index contributed by atoms with van der Waals surface area (Å²) in [6.45, 7) is 0.601. The van der Waals surface area contributed by atoms with Crippen LogP contribution in [0.15, 0.2) is 59.4 Å². The van der Waals surface area contributed by atoms with E-state index in [2.05, 4.69) is 10.2 Å². The molecular weight excluding hydrogens is 290 g/mol. The van der Waals surface area contributed by atoms with Crippen LogP contribution in [0.3, 0.4) is 0 Å². The number of nitrogens with zero attached hydrogens (tertiary/aromatic N) is 2. The molecule has 0 amide bonds. The van der Waals surface area contributed by atoms with E-state index in [1.54, 1.807) is 11.7 Å². The molecule has 0 aliphatic carbocycles. The molecule has 1 heterocycles. The highest BCUT2D eigenvalue weighted by molar-refractivity contribution is 5.27. The smallest absolute Gasteiger partial charge is 0.343 e. The molecule has 0 saturated heterocycles. The minimum Gasteiger partial charge on any atom is -0.497 e. The number of methoxy groups -OCH3 is 1. The average Bonchev–Trinajstić information content (AvgIpc) is 2.94. The lowest BCUT2D eigenvalue weighted by atomic mass is 10.1. The Balaban J connectivity index is 1.72. The standard InChI is InChI=1S/C18H19N3O2/c1-23-16-9-7-14(8-10-16)11-12-21-17(19-20-18(21)22)13-15-5-3-2-4-6-15/h2-10H,11-13H2,1H3,(H,20,22). The third kappa shape index (κ3) is 3.69. The van der Waals surface area contributed by atoms with Gasteiger partial charge in [0.2, 0.25) is 0 Å². The number of aromatic nitrogens is 3. The highest BCUT2D eigenvalue weighted by Gasteiger charge is 2.09. The van der Waals surface area contributed by atoms with Gasteiger partial charge in [-0.1, -0.05) is 42.5 Å². The third-order valence-corrected chi connectivity index (χ3v) is 3.83. The Hall–Kier alpha value is -2.82. The number of ether oxygens (including phenoxy) is 1. The first-order chi connectivity index (χ1) is 11.3. The first kappa shape index (κ1) is 15.1. The molecule has 0 aliphatic rings. The fraction of sp³-hybridized carbons (Fsp3) is 0.222. The van der Waals surface area contributed by atoms with E-state index in [1.165, 1.54) is 0 Å². The first-order valence-corrected chi connectivity index (χ1v) is 7.57. The average molecular weight is 309 g/mol. The zero-order chi connectivity index (χ0) is 16.1. The Morgan fingerprint density at radius 2 is 1.78 bits per heavy atom. The van der Waals surface area contributed by atoms with Gasteiger partial charge < -0.3 is 4.74 Å². The van der Waals surface area contributed by atoms with Crippen LogP contribution in [0, 0.1) is 0 Å². The second-order valence-corrected chi connectivity index (χ2v) is 5.36. The molecule has 23 heavy (non-hydrogen) atoms. The third-order valence-electron chi connectivity index (χ3n) is 3.83. The zero-order valence-electron chi connectivity index (χ0n) is 13.0. The molecule has 1 aromatic heterocycles. The van der Waals surface area contributed by atoms with Crippen LogP contribution in [0.1, 0.15) is 17.0 Å². The summed E-state index contributed by atoms with van der Waals surface area (Å²) in [5, 5.41) is 6.71. The molecular formula is C18H19N3O2. The Morgan fingerprint density at radius 3 is 2.48 bits per heavy atom. The van der Waals surface area contributed by atoms with Gasteiger partial charge in [-0.25, -0.2) is 9.89 Å². The van der Waals surface area contributed by atoms with Crippen LogP contribution >= 0.6 is 0 Å². The van der Waals surface area contributed by atoms with Crippen LogP contribution in [-0.4, -0.2) is 21.9 Å². The molecule has 5 nitrogen and oxygen atoms in total. The van der Waals surface area contributed by atoms with Gasteiger partial charge in [-0.15, -0.1) is 0 Å². The van der Waals surface area contributed by atoms with Crippen LogP contribution in [0.25, 0.3) is 0 Å². The highest BCUT2D eigenvalue weighted by Crippen LogP contribution is 2.12. The van der Waals surface area contributed by atoms with Crippen LogP contribution in [0.2, 0.25) is 0 Å². The molecule has 0 unspecified atom stereocenters. The van der Waals surface area contributed by atoms with Gasteiger partial charge >= 0.3 is 5.69 Å². The highest BCUT2D eigenvalue weighted by atomic mass is 16.5. The predicted molar refractivity (Wildman–Crippen MR) is 88.8 cm³/mol. The lowest BCUT2D eigenvalue weighted by molar-refractivity contribution is 0.414. The minimum atomic E-state index is -0.163. The maximum Gasteiger partial charge on any atom is 0.343 e. The number of aryl methyl sites for hydroxylation is 1. The van der Waals surface area contributed by atoms with Gasteiger partial charge in [0.1, 0.15) is 11.6 Å². The van der Waals surface area contributed by atoms with Gasteiger partial charge in [0.15, 0.2) is 0 Å². The van der Waals surface area contributed by atoms with Crippen molar-refractivity contribution >= 4 is 0 Å². The lowest BCUT2D eigenvalue weighted by Crippen LogP contribution is -2.20. The van der Waals surface area contributed by atoms with E-state index in [1.807, 2.05) is 54.6 Å². The molecule has 0 radical (unpaired) electrons. The molecule has 0 saturated carbocycles. The summed E-state index contributed by atoms with van der Waals surface area (Å²) in [6, 6.07) is 17.9. The summed E-state index contributed by atoms with van der Waals surface area (Å²) < 4.78 is 6.86. The molecule has 0 atom stereocenters. The Kier molecular flexibility index (Phi) is 4.57. The molecule has 0 aliphatic heterocycles. The van der Waals surface area contributed by atoms with Crippen LogP contribution < -0.4 is 10.4 Å². The number of hydrogen-bond donors (Lipinski definition) is 1. The summed E-state index contributed by atoms with van der Waals surface area (Å²) in [4.78, 5) is 12.0. The summed E-state index contributed by atoms with van der Waals surface area (Å²) in [7, 11) is 1.65. The predicted octanol–water partition coefficient (Wildman–Crippen LogP) is 2.41. The Morgan fingerprint density at radius 1 is 1.04 bits per heavy atom. The van der Waals surface area contributed by atoms with Crippen LogP contribution in [0.4, 0.5) is 0 Å². The van der Waals surface area contributed by atoms with E-state index in [4.69, 9.17) is 4.74 Å². The van der Waals surface area contributed by atoms with E-state index in [0.29, 0.717) is 13.0 Å². The van der Waals surface area contributed by atoms with Crippen molar-refractivity contribution in [1.29, 1.82) is 0 Å². The van der Waals surface area contributed by atoms with Gasteiger partial charge in [0, 0.05) is 13.0 Å². The maximum atomic E-state index is 12.0. The maximum absolute atomic E-state index is 12.0. The normalized spacial score (nSPS) is 10.7. The quantitative estimate of drug-likeness (QED) is 0.760. The van der Waals surface area contributed by atoms with Crippen LogP contribution in [0.5, 0.6) is 5.75 Å². The van der Waals surface area contributed by atoms with Crippen molar-refractivity contribution in [2.45, 2.75) is 19.4 Å². The van der Waals surface area contributed by atoms with Gasteiger partial charge in [-0.05, 0) is 29.7 Å². The lowest BCUT2D eigenvalue weighted by Gasteiger charge is -2.07. The fourth-order valence-corrected chi connectivity index (χ4v) is 2.53. The van der Waals surface area contributed by atoms with Crippen molar-refractivity contribution in [2.75, 3.05) is 7.11 Å². The van der Waals surface area contributed by atoms with E-state index in [9.17, 15) is 4.79 Å². The molecule has 3 rings (SSSR count). The summed E-state index contributed by atoms with van der Waals surface area (Å²) in [5.41, 5.74) is 2.13. The van der Waals surface area contributed by atoms with E-state index in [0.717, 1.165) is 29.1 Å².